The summed E-state index contributed by atoms with van der Waals surface area (Å²) in [5.41, 5.74) is 0.219. The van der Waals surface area contributed by atoms with Gasteiger partial charge in [0.15, 0.2) is 0 Å². The SMILES string of the molecule is COc1ccc2c(I)cc(=O)oc2c1. The van der Waals surface area contributed by atoms with Gasteiger partial charge in [0, 0.05) is 21.1 Å². The van der Waals surface area contributed by atoms with Crippen LogP contribution in [0, 0.1) is 3.57 Å². The monoisotopic (exact) mass is 302 g/mol. The number of ether oxygens (including phenoxy) is 1. The van der Waals surface area contributed by atoms with Crippen molar-refractivity contribution in [2.45, 2.75) is 0 Å². The molecule has 14 heavy (non-hydrogen) atoms. The Balaban J connectivity index is 2.82. The van der Waals surface area contributed by atoms with Crippen LogP contribution in [0.25, 0.3) is 11.0 Å². The van der Waals surface area contributed by atoms with E-state index in [4.69, 9.17) is 9.15 Å². The zero-order chi connectivity index (χ0) is 10.1. The van der Waals surface area contributed by atoms with E-state index >= 15 is 0 Å². The zero-order valence-electron chi connectivity index (χ0n) is 7.41. The summed E-state index contributed by atoms with van der Waals surface area (Å²) in [6.45, 7) is 0. The molecule has 1 aromatic carbocycles. The Kier molecular flexibility index (Phi) is 2.45. The minimum Gasteiger partial charge on any atom is -0.497 e. The maximum atomic E-state index is 11.1. The summed E-state index contributed by atoms with van der Waals surface area (Å²) < 4.78 is 11.0. The molecule has 0 N–H and O–H groups in total. The third kappa shape index (κ3) is 1.61. The smallest absolute Gasteiger partial charge is 0.337 e. The van der Waals surface area contributed by atoms with E-state index in [1.165, 1.54) is 6.07 Å². The molecule has 0 aliphatic rings. The first kappa shape index (κ1) is 9.51. The molecule has 0 bridgehead atoms. The van der Waals surface area contributed by atoms with Crippen LogP contribution in [0.2, 0.25) is 0 Å². The summed E-state index contributed by atoms with van der Waals surface area (Å²) in [5.74, 6) is 0.683. The Bertz CT molecular complexity index is 530. The van der Waals surface area contributed by atoms with Crippen molar-refractivity contribution in [3.05, 3.63) is 38.3 Å². The van der Waals surface area contributed by atoms with Crippen molar-refractivity contribution < 1.29 is 9.15 Å². The molecule has 0 atom stereocenters. The van der Waals surface area contributed by atoms with Crippen LogP contribution in [0.1, 0.15) is 0 Å². The molecule has 0 aliphatic heterocycles. The Labute approximate surface area is 93.8 Å². The van der Waals surface area contributed by atoms with E-state index in [-0.39, 0.29) is 5.63 Å². The number of rotatable bonds is 1. The number of halogens is 1. The van der Waals surface area contributed by atoms with Crippen molar-refractivity contribution in [3.8, 4) is 5.75 Å². The molecule has 0 radical (unpaired) electrons. The molecule has 0 saturated carbocycles. The summed E-state index contributed by atoms with van der Waals surface area (Å²) >= 11 is 2.11. The number of fused-ring (bicyclic) bond motifs is 1. The average molecular weight is 302 g/mol. The predicted molar refractivity (Wildman–Crippen MR) is 61.8 cm³/mol. The van der Waals surface area contributed by atoms with E-state index in [2.05, 4.69) is 22.6 Å². The first-order chi connectivity index (χ1) is 6.70. The van der Waals surface area contributed by atoms with Gasteiger partial charge in [-0.2, -0.15) is 0 Å². The third-order valence-electron chi connectivity index (χ3n) is 1.90. The highest BCUT2D eigenvalue weighted by Crippen LogP contribution is 2.23. The van der Waals surface area contributed by atoms with Crippen molar-refractivity contribution >= 4 is 33.6 Å². The highest BCUT2D eigenvalue weighted by Gasteiger charge is 2.03. The predicted octanol–water partition coefficient (Wildman–Crippen LogP) is 2.41. The van der Waals surface area contributed by atoms with Crippen LogP contribution in [0.15, 0.2) is 33.5 Å². The molecule has 0 fully saturated rings. The van der Waals surface area contributed by atoms with E-state index in [9.17, 15) is 4.79 Å². The summed E-state index contributed by atoms with van der Waals surface area (Å²) in [7, 11) is 1.58. The molecule has 2 aromatic rings. The molecule has 1 heterocycles. The van der Waals surface area contributed by atoms with Gasteiger partial charge in [0.25, 0.3) is 0 Å². The van der Waals surface area contributed by atoms with E-state index < -0.39 is 0 Å². The third-order valence-corrected chi connectivity index (χ3v) is 2.79. The van der Waals surface area contributed by atoms with Crippen LogP contribution >= 0.6 is 22.6 Å². The minimum absolute atomic E-state index is 0.338. The topological polar surface area (TPSA) is 39.4 Å². The van der Waals surface area contributed by atoms with Crippen molar-refractivity contribution in [3.63, 3.8) is 0 Å². The normalized spacial score (nSPS) is 10.4. The molecule has 0 unspecified atom stereocenters. The van der Waals surface area contributed by atoms with E-state index in [1.54, 1.807) is 13.2 Å². The Morgan fingerprint density at radius 3 is 2.86 bits per heavy atom. The van der Waals surface area contributed by atoms with Crippen LogP contribution < -0.4 is 10.4 Å². The minimum atomic E-state index is -0.338. The van der Waals surface area contributed by atoms with E-state index in [0.29, 0.717) is 11.3 Å². The quantitative estimate of drug-likeness (QED) is 0.600. The second kappa shape index (κ2) is 3.61. The fraction of sp³-hybridized carbons (Fsp3) is 0.100. The maximum absolute atomic E-state index is 11.1. The van der Waals surface area contributed by atoms with Gasteiger partial charge in [-0.3, -0.25) is 0 Å². The van der Waals surface area contributed by atoms with Crippen LogP contribution in [0.3, 0.4) is 0 Å². The lowest BCUT2D eigenvalue weighted by Crippen LogP contribution is -1.97. The highest BCUT2D eigenvalue weighted by atomic mass is 127. The Morgan fingerprint density at radius 1 is 1.36 bits per heavy atom. The second-order valence-electron chi connectivity index (χ2n) is 2.78. The van der Waals surface area contributed by atoms with Crippen LogP contribution in [-0.2, 0) is 0 Å². The molecule has 4 heteroatoms. The molecule has 0 amide bonds. The summed E-state index contributed by atoms with van der Waals surface area (Å²) in [5, 5.41) is 0.922. The molecule has 0 spiro atoms. The van der Waals surface area contributed by atoms with Crippen molar-refractivity contribution in [2.24, 2.45) is 0 Å². The van der Waals surface area contributed by atoms with E-state index in [1.807, 2.05) is 12.1 Å². The summed E-state index contributed by atoms with van der Waals surface area (Å²) in [6, 6.07) is 6.89. The van der Waals surface area contributed by atoms with Crippen molar-refractivity contribution in [2.75, 3.05) is 7.11 Å². The zero-order valence-corrected chi connectivity index (χ0v) is 9.57. The van der Waals surface area contributed by atoms with Gasteiger partial charge in [0.1, 0.15) is 11.3 Å². The largest absolute Gasteiger partial charge is 0.497 e. The standard InChI is InChI=1S/C10H7IO3/c1-13-6-2-3-7-8(11)5-10(12)14-9(7)4-6/h2-5H,1H3. The van der Waals surface area contributed by atoms with Crippen molar-refractivity contribution in [1.82, 2.24) is 0 Å². The molecule has 2 rings (SSSR count). The number of methoxy groups -OCH3 is 1. The average Bonchev–Trinajstić information content (AvgIpc) is 2.16. The van der Waals surface area contributed by atoms with Crippen molar-refractivity contribution in [1.29, 1.82) is 0 Å². The maximum Gasteiger partial charge on any atom is 0.337 e. The van der Waals surface area contributed by atoms with Gasteiger partial charge in [-0.15, -0.1) is 0 Å². The fourth-order valence-corrected chi connectivity index (χ4v) is 1.93. The molecular weight excluding hydrogens is 295 g/mol. The first-order valence-electron chi connectivity index (χ1n) is 3.98. The van der Waals surface area contributed by atoms with Gasteiger partial charge in [0.05, 0.1) is 7.11 Å². The fourth-order valence-electron chi connectivity index (χ4n) is 1.23. The summed E-state index contributed by atoms with van der Waals surface area (Å²) in [4.78, 5) is 11.1. The lowest BCUT2D eigenvalue weighted by atomic mass is 10.2. The molecule has 0 saturated heterocycles. The summed E-state index contributed by atoms with van der Waals surface area (Å²) in [6.07, 6.45) is 0. The Hall–Kier alpha value is -1.04. The highest BCUT2D eigenvalue weighted by molar-refractivity contribution is 14.1. The lowest BCUT2D eigenvalue weighted by molar-refractivity contribution is 0.414. The number of hydrogen-bond acceptors (Lipinski definition) is 3. The van der Waals surface area contributed by atoms with Gasteiger partial charge in [0.2, 0.25) is 0 Å². The molecular formula is C10H7IO3. The van der Waals surface area contributed by atoms with Gasteiger partial charge in [-0.1, -0.05) is 0 Å². The molecule has 72 valence electrons. The lowest BCUT2D eigenvalue weighted by Gasteiger charge is -2.01. The number of benzene rings is 1. The molecule has 1 aromatic heterocycles. The molecule has 0 aliphatic carbocycles. The van der Waals surface area contributed by atoms with Crippen LogP contribution in [0.4, 0.5) is 0 Å². The van der Waals surface area contributed by atoms with Gasteiger partial charge >= 0.3 is 5.63 Å². The van der Waals surface area contributed by atoms with Gasteiger partial charge < -0.3 is 9.15 Å². The first-order valence-corrected chi connectivity index (χ1v) is 5.06. The van der Waals surface area contributed by atoms with Gasteiger partial charge in [-0.25, -0.2) is 4.79 Å². The second-order valence-corrected chi connectivity index (χ2v) is 3.94. The van der Waals surface area contributed by atoms with Crippen LogP contribution in [0.5, 0.6) is 5.75 Å². The van der Waals surface area contributed by atoms with Gasteiger partial charge in [-0.05, 0) is 34.7 Å². The Morgan fingerprint density at radius 2 is 2.14 bits per heavy atom. The molecule has 3 nitrogen and oxygen atoms in total. The van der Waals surface area contributed by atoms with Crippen LogP contribution in [-0.4, -0.2) is 7.11 Å². The number of hydrogen-bond donors (Lipinski definition) is 0. The van der Waals surface area contributed by atoms with E-state index in [0.717, 1.165) is 8.96 Å².